The second kappa shape index (κ2) is 7.26. The first-order valence-corrected chi connectivity index (χ1v) is 8.88. The number of hydrogen-bond donors (Lipinski definition) is 1. The fourth-order valence-corrected chi connectivity index (χ4v) is 3.41. The molecule has 1 unspecified atom stereocenters. The van der Waals surface area contributed by atoms with Gasteiger partial charge in [0.1, 0.15) is 6.04 Å². The standard InChI is InChI=1S/C21H21N3O4/c1-26-17-10-14(11-18(27-2)20(17)28-3)19(25)15-12-22-21(23-15)24-9-8-13-6-4-5-7-16(13)24/h4-11,15H,12H2,1-3H3,(H,22,23). The highest BCUT2D eigenvalue weighted by atomic mass is 16.5. The second-order valence-electron chi connectivity index (χ2n) is 6.38. The zero-order valence-electron chi connectivity index (χ0n) is 15.9. The molecule has 0 saturated carbocycles. The molecule has 1 aromatic heterocycles. The molecular formula is C21H21N3O4. The molecule has 144 valence electrons. The van der Waals surface area contributed by atoms with E-state index < -0.39 is 6.04 Å². The Hall–Kier alpha value is -3.48. The van der Waals surface area contributed by atoms with Gasteiger partial charge in [-0.25, -0.2) is 4.99 Å². The highest BCUT2D eigenvalue weighted by molar-refractivity contribution is 6.05. The summed E-state index contributed by atoms with van der Waals surface area (Å²) in [5.74, 6) is 1.92. The van der Waals surface area contributed by atoms with Crippen molar-refractivity contribution in [3.8, 4) is 17.2 Å². The molecule has 1 aliphatic heterocycles. The molecule has 0 aliphatic carbocycles. The number of methoxy groups -OCH3 is 3. The van der Waals surface area contributed by atoms with Gasteiger partial charge < -0.3 is 19.5 Å². The van der Waals surface area contributed by atoms with Gasteiger partial charge in [0.15, 0.2) is 17.3 Å². The minimum atomic E-state index is -0.459. The molecule has 0 bridgehead atoms. The van der Waals surface area contributed by atoms with Crippen LogP contribution in [0.2, 0.25) is 0 Å². The second-order valence-corrected chi connectivity index (χ2v) is 6.38. The number of ketones is 1. The number of nitrogens with one attached hydrogen (secondary N) is 1. The molecule has 1 N–H and O–H groups in total. The number of benzene rings is 2. The van der Waals surface area contributed by atoms with Crippen molar-refractivity contribution < 1.29 is 19.0 Å². The third-order valence-corrected chi connectivity index (χ3v) is 4.82. The number of Topliss-reactive ketones (excluding diaryl/α,β-unsaturated/α-hetero) is 1. The predicted octanol–water partition coefficient (Wildman–Crippen LogP) is 2.73. The van der Waals surface area contributed by atoms with Crippen molar-refractivity contribution in [2.75, 3.05) is 27.9 Å². The summed E-state index contributed by atoms with van der Waals surface area (Å²) in [7, 11) is 4.58. The fourth-order valence-electron chi connectivity index (χ4n) is 3.41. The summed E-state index contributed by atoms with van der Waals surface area (Å²) in [6.45, 7) is 0.358. The summed E-state index contributed by atoms with van der Waals surface area (Å²) in [5.41, 5.74) is 1.51. The van der Waals surface area contributed by atoms with E-state index in [1.54, 1.807) is 12.1 Å². The van der Waals surface area contributed by atoms with Crippen LogP contribution in [0.4, 0.5) is 0 Å². The van der Waals surface area contributed by atoms with Crippen LogP contribution in [0.5, 0.6) is 17.2 Å². The average Bonchev–Trinajstić information content (AvgIpc) is 3.38. The molecule has 2 heterocycles. The lowest BCUT2D eigenvalue weighted by Crippen LogP contribution is -2.39. The van der Waals surface area contributed by atoms with Crippen LogP contribution >= 0.6 is 0 Å². The van der Waals surface area contributed by atoms with Gasteiger partial charge in [0.25, 0.3) is 0 Å². The molecule has 0 amide bonds. The van der Waals surface area contributed by atoms with Gasteiger partial charge in [-0.2, -0.15) is 0 Å². The summed E-state index contributed by atoms with van der Waals surface area (Å²) in [4.78, 5) is 17.6. The molecule has 0 radical (unpaired) electrons. The van der Waals surface area contributed by atoms with Gasteiger partial charge in [-0.05, 0) is 24.3 Å². The Kier molecular flexibility index (Phi) is 4.65. The molecule has 0 fully saturated rings. The molecular weight excluding hydrogens is 358 g/mol. The summed E-state index contributed by atoms with van der Waals surface area (Å²) in [6, 6.07) is 12.9. The zero-order chi connectivity index (χ0) is 19.7. The Balaban J connectivity index is 1.59. The molecule has 1 atom stereocenters. The van der Waals surface area contributed by atoms with E-state index in [1.165, 1.54) is 21.3 Å². The van der Waals surface area contributed by atoms with Crippen LogP contribution in [0.25, 0.3) is 10.9 Å². The lowest BCUT2D eigenvalue weighted by atomic mass is 10.0. The van der Waals surface area contributed by atoms with E-state index in [4.69, 9.17) is 14.2 Å². The molecule has 1 aliphatic rings. The maximum atomic E-state index is 13.1. The van der Waals surface area contributed by atoms with Crippen LogP contribution in [0.3, 0.4) is 0 Å². The Morgan fingerprint density at radius 2 is 1.79 bits per heavy atom. The third-order valence-electron chi connectivity index (χ3n) is 4.82. The molecule has 28 heavy (non-hydrogen) atoms. The van der Waals surface area contributed by atoms with Gasteiger partial charge >= 0.3 is 0 Å². The summed E-state index contributed by atoms with van der Waals surface area (Å²) in [5, 5.41) is 4.35. The maximum absolute atomic E-state index is 13.1. The number of fused-ring (bicyclic) bond motifs is 1. The minimum absolute atomic E-state index is 0.0885. The van der Waals surface area contributed by atoms with Gasteiger partial charge in [0.2, 0.25) is 11.7 Å². The van der Waals surface area contributed by atoms with Crippen molar-refractivity contribution in [3.05, 3.63) is 54.2 Å². The van der Waals surface area contributed by atoms with Crippen LogP contribution in [0.1, 0.15) is 10.4 Å². The number of carbonyl (C=O) groups is 1. The van der Waals surface area contributed by atoms with E-state index in [2.05, 4.69) is 10.3 Å². The number of ether oxygens (including phenoxy) is 3. The Bertz CT molecular complexity index is 1050. The maximum Gasteiger partial charge on any atom is 0.203 e. The SMILES string of the molecule is COc1cc(C(=O)C2CN=C(n3ccc4ccccc43)N2)cc(OC)c1OC. The quantitative estimate of drug-likeness (QED) is 0.690. The van der Waals surface area contributed by atoms with Gasteiger partial charge in [0, 0.05) is 17.1 Å². The van der Waals surface area contributed by atoms with Gasteiger partial charge in [-0.1, -0.05) is 18.2 Å². The van der Waals surface area contributed by atoms with Crippen LogP contribution in [0, 0.1) is 0 Å². The monoisotopic (exact) mass is 379 g/mol. The highest BCUT2D eigenvalue weighted by Crippen LogP contribution is 2.38. The molecule has 4 rings (SSSR count). The topological polar surface area (TPSA) is 74.1 Å². The van der Waals surface area contributed by atoms with Gasteiger partial charge in [0.05, 0.1) is 33.4 Å². The van der Waals surface area contributed by atoms with Gasteiger partial charge in [-0.15, -0.1) is 0 Å². The van der Waals surface area contributed by atoms with Crippen LogP contribution < -0.4 is 19.5 Å². The smallest absolute Gasteiger partial charge is 0.203 e. The number of rotatable bonds is 5. The first-order valence-electron chi connectivity index (χ1n) is 8.88. The van der Waals surface area contributed by atoms with Crippen molar-refractivity contribution in [1.29, 1.82) is 0 Å². The Morgan fingerprint density at radius 1 is 1.07 bits per heavy atom. The summed E-state index contributed by atoms with van der Waals surface area (Å²) in [6.07, 6.45) is 1.95. The molecule has 7 heteroatoms. The highest BCUT2D eigenvalue weighted by Gasteiger charge is 2.28. The van der Waals surface area contributed by atoms with E-state index in [0.29, 0.717) is 35.3 Å². The zero-order valence-corrected chi connectivity index (χ0v) is 15.9. The molecule has 7 nitrogen and oxygen atoms in total. The van der Waals surface area contributed by atoms with Crippen LogP contribution in [0.15, 0.2) is 53.7 Å². The summed E-state index contributed by atoms with van der Waals surface area (Å²) < 4.78 is 18.0. The number of para-hydroxylation sites is 1. The van der Waals surface area contributed by atoms with E-state index in [1.807, 2.05) is 41.1 Å². The van der Waals surface area contributed by atoms with Crippen molar-refractivity contribution in [1.82, 2.24) is 9.88 Å². The van der Waals surface area contributed by atoms with Crippen LogP contribution in [-0.2, 0) is 0 Å². The largest absolute Gasteiger partial charge is 0.493 e. The molecule has 3 aromatic rings. The van der Waals surface area contributed by atoms with Crippen molar-refractivity contribution in [2.24, 2.45) is 4.99 Å². The summed E-state index contributed by atoms with van der Waals surface area (Å²) >= 11 is 0. The lowest BCUT2D eigenvalue weighted by Gasteiger charge is -2.16. The first kappa shape index (κ1) is 17.9. The Labute approximate surface area is 162 Å². The van der Waals surface area contributed by atoms with E-state index >= 15 is 0 Å². The number of hydrogen-bond acceptors (Lipinski definition) is 6. The number of aromatic nitrogens is 1. The molecule has 2 aromatic carbocycles. The number of carbonyl (C=O) groups excluding carboxylic acids is 1. The van der Waals surface area contributed by atoms with Crippen molar-refractivity contribution in [2.45, 2.75) is 6.04 Å². The average molecular weight is 379 g/mol. The molecule has 0 saturated heterocycles. The first-order chi connectivity index (χ1) is 13.7. The number of nitrogens with zero attached hydrogens (tertiary/aromatic N) is 2. The third kappa shape index (κ3) is 2.94. The predicted molar refractivity (Wildman–Crippen MR) is 107 cm³/mol. The van der Waals surface area contributed by atoms with E-state index in [-0.39, 0.29) is 5.78 Å². The van der Waals surface area contributed by atoms with Crippen molar-refractivity contribution in [3.63, 3.8) is 0 Å². The van der Waals surface area contributed by atoms with Crippen LogP contribution in [-0.4, -0.2) is 50.2 Å². The lowest BCUT2D eigenvalue weighted by molar-refractivity contribution is 0.0958. The van der Waals surface area contributed by atoms with Crippen molar-refractivity contribution >= 4 is 22.6 Å². The normalized spacial score (nSPS) is 15.8. The van der Waals surface area contributed by atoms with Gasteiger partial charge in [-0.3, -0.25) is 9.36 Å². The fraction of sp³-hybridized carbons (Fsp3) is 0.238. The van der Waals surface area contributed by atoms with E-state index in [9.17, 15) is 4.79 Å². The Morgan fingerprint density at radius 3 is 2.46 bits per heavy atom. The molecule has 0 spiro atoms. The van der Waals surface area contributed by atoms with E-state index in [0.717, 1.165) is 10.9 Å². The minimum Gasteiger partial charge on any atom is -0.493 e. The number of aliphatic imine (C=N–C) groups is 1.